The highest BCUT2D eigenvalue weighted by Gasteiger charge is 2.39. The molecule has 0 spiro atoms. The van der Waals surface area contributed by atoms with Crippen LogP contribution < -0.4 is 5.32 Å². The van der Waals surface area contributed by atoms with E-state index in [0.29, 0.717) is 37.2 Å². The molecule has 0 bridgehead atoms. The van der Waals surface area contributed by atoms with Crippen molar-refractivity contribution in [3.63, 3.8) is 0 Å². The van der Waals surface area contributed by atoms with Gasteiger partial charge in [0.15, 0.2) is 14.1 Å². The largest absolute Gasteiger partial charge is 0.460 e. The highest BCUT2D eigenvalue weighted by molar-refractivity contribution is 6.74. The van der Waals surface area contributed by atoms with Crippen molar-refractivity contribution < 1.29 is 32.6 Å². The van der Waals surface area contributed by atoms with Crippen LogP contribution in [0.15, 0.2) is 78.9 Å². The number of halogens is 1. The summed E-state index contributed by atoms with van der Waals surface area (Å²) < 4.78 is 41.4. The summed E-state index contributed by atoms with van der Waals surface area (Å²) in [4.78, 5) is 27.6. The lowest BCUT2D eigenvalue weighted by Gasteiger charge is -2.41. The number of carbonyl (C=O) groups excluding carboxylic acids is 2. The van der Waals surface area contributed by atoms with Crippen LogP contribution in [-0.4, -0.2) is 48.4 Å². The lowest BCUT2D eigenvalue weighted by Crippen LogP contribution is -2.46. The zero-order valence-electron chi connectivity index (χ0n) is 36.0. The van der Waals surface area contributed by atoms with Crippen molar-refractivity contribution in [3.8, 4) is 22.4 Å². The molecule has 308 valence electrons. The van der Waals surface area contributed by atoms with E-state index in [9.17, 15) is 14.0 Å². The second kappa shape index (κ2) is 17.4. The minimum Gasteiger partial charge on any atom is -0.460 e. The van der Waals surface area contributed by atoms with Crippen LogP contribution in [0.25, 0.3) is 22.4 Å². The third kappa shape index (κ3) is 11.3. The number of nitrogens with one attached hydrogen (secondary N) is 1. The first-order valence-corrected chi connectivity index (χ1v) is 23.1. The Hall–Kier alpha value is -4.09. The summed E-state index contributed by atoms with van der Waals surface area (Å²) >= 11 is 0. The zero-order chi connectivity index (χ0) is 41.9. The predicted molar refractivity (Wildman–Crippen MR) is 229 cm³/mol. The van der Waals surface area contributed by atoms with Crippen LogP contribution in [0.2, 0.25) is 18.1 Å². The first-order valence-electron chi connectivity index (χ1n) is 20.2. The quantitative estimate of drug-likeness (QED) is 0.107. The average molecular weight is 799 g/mol. The molecule has 4 aromatic rings. The molecular formula is C47H63FN2O6Si. The summed E-state index contributed by atoms with van der Waals surface area (Å²) in [7, 11) is -1.93. The summed E-state index contributed by atoms with van der Waals surface area (Å²) in [5.41, 5.74) is 5.82. The van der Waals surface area contributed by atoms with Gasteiger partial charge in [0.25, 0.3) is 5.91 Å². The van der Waals surface area contributed by atoms with Crippen LogP contribution in [0.4, 0.5) is 10.1 Å². The van der Waals surface area contributed by atoms with Crippen molar-refractivity contribution in [2.75, 3.05) is 5.32 Å². The Balaban J connectivity index is 1.53. The molecule has 0 radical (unpaired) electrons. The SMILES string of the molecule is CC(C)c1c(C(=O)Nc2ccc(CO[Si](C)(C)C(C)(C)C)cc2)c(-c2ccccc2)c(-c2ccc(F)cc2)n1CC[C@@H]1C[C@H](CC(=O)OC(C)(C)C)OC(C)(C)O1. The van der Waals surface area contributed by atoms with E-state index in [2.05, 4.69) is 57.6 Å². The Kier molecular flexibility index (Phi) is 13.4. The molecule has 8 nitrogen and oxygen atoms in total. The van der Waals surface area contributed by atoms with E-state index < -0.39 is 19.7 Å². The second-order valence-corrected chi connectivity index (χ2v) is 23.4. The molecule has 1 amide bonds. The number of amides is 1. The van der Waals surface area contributed by atoms with Crippen LogP contribution in [0.5, 0.6) is 0 Å². The average Bonchev–Trinajstić information content (AvgIpc) is 3.45. The van der Waals surface area contributed by atoms with Crippen molar-refractivity contribution in [2.45, 2.75) is 149 Å². The van der Waals surface area contributed by atoms with E-state index in [1.807, 2.05) is 89.2 Å². The van der Waals surface area contributed by atoms with Crippen molar-refractivity contribution in [3.05, 3.63) is 102 Å². The number of carbonyl (C=O) groups is 2. The molecule has 3 aromatic carbocycles. The van der Waals surface area contributed by atoms with E-state index in [1.165, 1.54) is 12.1 Å². The van der Waals surface area contributed by atoms with Gasteiger partial charge in [-0.15, -0.1) is 0 Å². The summed E-state index contributed by atoms with van der Waals surface area (Å²) in [5, 5.41) is 3.32. The molecule has 1 aliphatic heterocycles. The predicted octanol–water partition coefficient (Wildman–Crippen LogP) is 11.9. The Morgan fingerprint density at radius 1 is 0.895 bits per heavy atom. The second-order valence-electron chi connectivity index (χ2n) is 18.6. The molecule has 10 heteroatoms. The van der Waals surface area contributed by atoms with Crippen LogP contribution in [0, 0.1) is 5.82 Å². The number of hydrogen-bond donors (Lipinski definition) is 1. The smallest absolute Gasteiger partial charge is 0.308 e. The maximum Gasteiger partial charge on any atom is 0.308 e. The standard InChI is InChI=1S/C47H63FN2O6Si/c1-31(2)42-41(44(52)49-36-24-18-32(19-25-36)30-53-57(11,12)46(6,7)8)40(33-16-14-13-15-17-33)43(34-20-22-35(48)23-21-34)50(42)27-26-37-28-38(55-47(9,10)54-37)29-39(51)56-45(3,4)5/h13-25,31,37-38H,26-30H2,1-12H3,(H,49,52)/t37-,38-/m1/s1. The first-order chi connectivity index (χ1) is 26.5. The number of ether oxygens (including phenoxy) is 3. The number of anilines is 1. The summed E-state index contributed by atoms with van der Waals surface area (Å²) in [6.07, 6.45) is 0.568. The monoisotopic (exact) mass is 798 g/mol. The third-order valence-corrected chi connectivity index (χ3v) is 15.3. The van der Waals surface area contributed by atoms with E-state index in [4.69, 9.17) is 18.6 Å². The molecule has 1 saturated heterocycles. The van der Waals surface area contributed by atoms with Crippen molar-refractivity contribution in [2.24, 2.45) is 0 Å². The Labute approximate surface area is 340 Å². The van der Waals surface area contributed by atoms with Gasteiger partial charge < -0.3 is 28.5 Å². The van der Waals surface area contributed by atoms with Gasteiger partial charge in [-0.2, -0.15) is 0 Å². The number of rotatable bonds is 13. The Morgan fingerprint density at radius 3 is 2.09 bits per heavy atom. The zero-order valence-corrected chi connectivity index (χ0v) is 37.0. The first kappa shape index (κ1) is 44.0. The van der Waals surface area contributed by atoms with Gasteiger partial charge in [-0.05, 0) is 118 Å². The van der Waals surface area contributed by atoms with E-state index in [1.54, 1.807) is 12.1 Å². The fraction of sp³-hybridized carbons (Fsp3) is 0.489. The van der Waals surface area contributed by atoms with Gasteiger partial charge in [0.2, 0.25) is 0 Å². The number of hydrogen-bond acceptors (Lipinski definition) is 6. The maximum atomic E-state index is 14.8. The van der Waals surface area contributed by atoms with Gasteiger partial charge in [0, 0.05) is 29.9 Å². The van der Waals surface area contributed by atoms with Crippen LogP contribution in [-0.2, 0) is 36.6 Å². The van der Waals surface area contributed by atoms with Gasteiger partial charge in [0.05, 0.1) is 36.5 Å². The van der Waals surface area contributed by atoms with E-state index >= 15 is 0 Å². The molecule has 1 N–H and O–H groups in total. The lowest BCUT2D eigenvalue weighted by molar-refractivity contribution is -0.301. The molecule has 1 fully saturated rings. The van der Waals surface area contributed by atoms with Crippen LogP contribution >= 0.6 is 0 Å². The number of benzene rings is 3. The normalized spacial score (nSPS) is 17.4. The molecule has 5 rings (SSSR count). The minimum atomic E-state index is -1.93. The van der Waals surface area contributed by atoms with Gasteiger partial charge in [-0.3, -0.25) is 9.59 Å². The number of aromatic nitrogens is 1. The van der Waals surface area contributed by atoms with Crippen molar-refractivity contribution in [1.29, 1.82) is 0 Å². The maximum absolute atomic E-state index is 14.8. The molecule has 0 aliphatic carbocycles. The molecule has 2 atom stereocenters. The molecular weight excluding hydrogens is 736 g/mol. The van der Waals surface area contributed by atoms with E-state index in [-0.39, 0.29) is 47.3 Å². The highest BCUT2D eigenvalue weighted by Crippen LogP contribution is 2.43. The topological polar surface area (TPSA) is 88.0 Å². The fourth-order valence-corrected chi connectivity index (χ4v) is 8.18. The molecule has 2 heterocycles. The molecule has 1 aliphatic rings. The number of esters is 1. The van der Waals surface area contributed by atoms with Crippen molar-refractivity contribution >= 4 is 25.9 Å². The highest BCUT2D eigenvalue weighted by atomic mass is 28.4. The minimum absolute atomic E-state index is 0.0655. The molecule has 0 saturated carbocycles. The Morgan fingerprint density at radius 2 is 1.51 bits per heavy atom. The van der Waals surface area contributed by atoms with Crippen molar-refractivity contribution in [1.82, 2.24) is 4.57 Å². The third-order valence-electron chi connectivity index (χ3n) is 10.8. The van der Waals surface area contributed by atoms with Crippen LogP contribution in [0.1, 0.15) is 116 Å². The fourth-order valence-electron chi connectivity index (χ4n) is 7.22. The van der Waals surface area contributed by atoms with Gasteiger partial charge in [-0.25, -0.2) is 4.39 Å². The Bertz CT molecular complexity index is 1990. The molecule has 0 unspecified atom stereocenters. The summed E-state index contributed by atoms with van der Waals surface area (Å²) in [6.45, 7) is 25.6. The van der Waals surface area contributed by atoms with E-state index in [0.717, 1.165) is 33.6 Å². The summed E-state index contributed by atoms with van der Waals surface area (Å²) in [6, 6.07) is 24.2. The number of nitrogens with zero attached hydrogens (tertiary/aromatic N) is 1. The van der Waals surface area contributed by atoms with Crippen LogP contribution in [0.3, 0.4) is 0 Å². The molecule has 1 aromatic heterocycles. The lowest BCUT2D eigenvalue weighted by atomic mass is 9.94. The molecule has 57 heavy (non-hydrogen) atoms. The van der Waals surface area contributed by atoms with Gasteiger partial charge in [-0.1, -0.05) is 77.1 Å². The van der Waals surface area contributed by atoms with Gasteiger partial charge in [0.1, 0.15) is 11.4 Å². The van der Waals surface area contributed by atoms with Gasteiger partial charge >= 0.3 is 5.97 Å². The summed E-state index contributed by atoms with van der Waals surface area (Å²) in [5.74, 6) is -1.87.